The summed E-state index contributed by atoms with van der Waals surface area (Å²) in [5.74, 6) is -0.0728. The third-order valence-corrected chi connectivity index (χ3v) is 14.3. The first-order valence-corrected chi connectivity index (χ1v) is 30.9. The first-order chi connectivity index (χ1) is 33.7. The Balaban J connectivity index is 3.51. The predicted molar refractivity (Wildman–Crippen MR) is 304 cm³/mol. The summed E-state index contributed by atoms with van der Waals surface area (Å²) in [5.41, 5.74) is 0. The predicted octanol–water partition coefficient (Wildman–Crippen LogP) is 20.6. The Hall–Kier alpha value is -1.65. The summed E-state index contributed by atoms with van der Waals surface area (Å²) >= 11 is 0. The summed E-state index contributed by atoms with van der Waals surface area (Å²) in [5, 5.41) is 23.2. The minimum atomic E-state index is -0.871. The summed E-state index contributed by atoms with van der Waals surface area (Å²) in [6, 6.07) is -0.646. The van der Waals surface area contributed by atoms with Gasteiger partial charge in [0.1, 0.15) is 0 Å². The Morgan fingerprint density at radius 3 is 0.853 bits per heavy atom. The monoisotopic (exact) mass is 952 g/mol. The third kappa shape index (κ3) is 55.3. The lowest BCUT2D eigenvalue weighted by atomic mass is 10.0. The van der Waals surface area contributed by atoms with E-state index in [0.29, 0.717) is 6.42 Å². The van der Waals surface area contributed by atoms with Crippen LogP contribution in [0.5, 0.6) is 0 Å². The van der Waals surface area contributed by atoms with Crippen LogP contribution in [-0.2, 0) is 4.79 Å². The van der Waals surface area contributed by atoms with Gasteiger partial charge in [0.15, 0.2) is 0 Å². The number of rotatable bonds is 57. The number of aliphatic hydroxyl groups excluding tert-OH is 2. The number of carbonyl (C=O) groups is 1. The minimum Gasteiger partial charge on any atom is -0.394 e. The molecule has 0 aromatic heterocycles. The smallest absolute Gasteiger partial charge is 0.220 e. The van der Waals surface area contributed by atoms with Crippen LogP contribution >= 0.6 is 0 Å². The van der Waals surface area contributed by atoms with Gasteiger partial charge in [-0.2, -0.15) is 0 Å². The molecule has 0 saturated heterocycles. The van der Waals surface area contributed by atoms with Crippen LogP contribution in [0, 0.1) is 0 Å². The zero-order chi connectivity index (χ0) is 49.2. The fourth-order valence-electron chi connectivity index (χ4n) is 9.56. The molecule has 1 amide bonds. The third-order valence-electron chi connectivity index (χ3n) is 14.3. The zero-order valence-electron chi connectivity index (χ0n) is 46.1. The van der Waals surface area contributed by atoms with Crippen LogP contribution in [0.15, 0.2) is 48.6 Å². The van der Waals surface area contributed by atoms with Gasteiger partial charge in [-0.3, -0.25) is 4.79 Å². The second-order valence-electron chi connectivity index (χ2n) is 21.1. The number of hydrogen-bond acceptors (Lipinski definition) is 3. The van der Waals surface area contributed by atoms with E-state index in [2.05, 4.69) is 55.6 Å². The largest absolute Gasteiger partial charge is 0.394 e. The zero-order valence-corrected chi connectivity index (χ0v) is 46.1. The number of hydrogen-bond donors (Lipinski definition) is 3. The number of nitrogens with one attached hydrogen (secondary N) is 1. The molecule has 4 nitrogen and oxygen atoms in total. The van der Waals surface area contributed by atoms with Crippen LogP contribution in [-0.4, -0.2) is 34.9 Å². The lowest BCUT2D eigenvalue weighted by molar-refractivity contribution is -0.123. The Morgan fingerprint density at radius 2 is 0.574 bits per heavy atom. The molecule has 0 aliphatic carbocycles. The summed E-state index contributed by atoms with van der Waals surface area (Å²) in [4.78, 5) is 12.5. The summed E-state index contributed by atoms with van der Waals surface area (Å²) in [6.07, 6.45) is 83.0. The first-order valence-electron chi connectivity index (χ1n) is 30.9. The maximum Gasteiger partial charge on any atom is 0.220 e. The van der Waals surface area contributed by atoms with Gasteiger partial charge in [0, 0.05) is 6.42 Å². The van der Waals surface area contributed by atoms with Crippen LogP contribution in [0.3, 0.4) is 0 Å². The van der Waals surface area contributed by atoms with E-state index in [1.165, 1.54) is 276 Å². The van der Waals surface area contributed by atoms with Crippen LogP contribution < -0.4 is 5.32 Å². The van der Waals surface area contributed by atoms with Gasteiger partial charge < -0.3 is 15.5 Å². The van der Waals surface area contributed by atoms with Gasteiger partial charge in [-0.1, -0.05) is 306 Å². The maximum atomic E-state index is 12.5. The molecular formula is C64H121NO3. The van der Waals surface area contributed by atoms with Crippen molar-refractivity contribution in [1.82, 2.24) is 5.32 Å². The topological polar surface area (TPSA) is 69.6 Å². The highest BCUT2D eigenvalue weighted by atomic mass is 16.3. The fourth-order valence-corrected chi connectivity index (χ4v) is 9.56. The molecule has 4 heteroatoms. The molecule has 0 rings (SSSR count). The van der Waals surface area contributed by atoms with Gasteiger partial charge in [-0.05, 0) is 70.6 Å². The van der Waals surface area contributed by atoms with Crippen molar-refractivity contribution in [3.05, 3.63) is 48.6 Å². The molecule has 0 heterocycles. The Labute approximate surface area is 426 Å². The van der Waals surface area contributed by atoms with Crippen molar-refractivity contribution >= 4 is 5.91 Å². The molecule has 0 spiro atoms. The molecule has 0 fully saturated rings. The Kier molecular flexibility index (Phi) is 58.2. The average Bonchev–Trinajstić information content (AvgIpc) is 3.34. The van der Waals surface area contributed by atoms with Gasteiger partial charge in [0.2, 0.25) is 5.91 Å². The van der Waals surface area contributed by atoms with E-state index in [1.54, 1.807) is 6.08 Å². The first kappa shape index (κ1) is 66.3. The van der Waals surface area contributed by atoms with Crippen molar-refractivity contribution in [3.63, 3.8) is 0 Å². The molecule has 68 heavy (non-hydrogen) atoms. The average molecular weight is 953 g/mol. The van der Waals surface area contributed by atoms with Crippen LogP contribution in [0.2, 0.25) is 0 Å². The number of carbonyl (C=O) groups excluding carboxylic acids is 1. The van der Waals surface area contributed by atoms with Gasteiger partial charge in [-0.15, -0.1) is 0 Å². The van der Waals surface area contributed by atoms with Gasteiger partial charge in [0.05, 0.1) is 18.8 Å². The van der Waals surface area contributed by atoms with E-state index in [9.17, 15) is 15.0 Å². The van der Waals surface area contributed by atoms with E-state index in [4.69, 9.17) is 0 Å². The van der Waals surface area contributed by atoms with Crippen molar-refractivity contribution in [2.24, 2.45) is 0 Å². The molecule has 0 aromatic carbocycles. The van der Waals surface area contributed by atoms with Gasteiger partial charge in [-0.25, -0.2) is 0 Å². The fraction of sp³-hybridized carbons (Fsp3) is 0.859. The highest BCUT2D eigenvalue weighted by molar-refractivity contribution is 5.76. The van der Waals surface area contributed by atoms with Crippen molar-refractivity contribution in [1.29, 1.82) is 0 Å². The molecule has 0 bridgehead atoms. The Morgan fingerprint density at radius 1 is 0.338 bits per heavy atom. The molecule has 3 N–H and O–H groups in total. The SMILES string of the molecule is CCCCCCCCCC/C=C\CCCCCCCCCCCCCCCCCCCC(=O)NC(CO)C(O)/C=C/CC/C=C/CC/C=C/CCCCCCCCCCCCCCCCCCC. The standard InChI is InChI=1S/C64H121NO3/c1-3-5-7-9-11-13-15-17-19-21-23-25-27-29-31-32-34-36-38-40-42-44-46-48-50-52-54-56-58-60-64(68)65-62(61-66)63(67)59-57-55-53-51-49-47-45-43-41-39-37-35-33-30-28-26-24-22-20-18-16-14-12-10-8-6-4-2/h21,23,41,43,49,51,57,59,62-63,66-67H,3-20,22,24-40,42,44-48,50,52-56,58,60-61H2,1-2H3,(H,65,68)/b23-21-,43-41+,51-49+,59-57+. The summed E-state index contributed by atoms with van der Waals surface area (Å²) in [6.45, 7) is 4.33. The van der Waals surface area contributed by atoms with E-state index < -0.39 is 12.1 Å². The quantitative estimate of drug-likeness (QED) is 0.0420. The molecule has 0 aromatic rings. The molecule has 2 unspecified atom stereocenters. The number of aliphatic hydroxyl groups is 2. The Bertz CT molecular complexity index is 1080. The van der Waals surface area contributed by atoms with Crippen molar-refractivity contribution in [2.45, 2.75) is 347 Å². The summed E-state index contributed by atoms with van der Waals surface area (Å²) in [7, 11) is 0. The van der Waals surface area contributed by atoms with E-state index in [1.807, 2.05) is 6.08 Å². The van der Waals surface area contributed by atoms with Crippen LogP contribution in [0.4, 0.5) is 0 Å². The van der Waals surface area contributed by atoms with Gasteiger partial charge >= 0.3 is 0 Å². The van der Waals surface area contributed by atoms with Crippen LogP contribution in [0.25, 0.3) is 0 Å². The normalized spacial score (nSPS) is 13.1. The van der Waals surface area contributed by atoms with Crippen LogP contribution in [0.1, 0.15) is 335 Å². The van der Waals surface area contributed by atoms with E-state index >= 15 is 0 Å². The number of allylic oxidation sites excluding steroid dienone is 7. The van der Waals surface area contributed by atoms with Crippen molar-refractivity contribution in [2.75, 3.05) is 6.61 Å². The van der Waals surface area contributed by atoms with Crippen molar-refractivity contribution in [3.8, 4) is 0 Å². The molecule has 0 aliphatic heterocycles. The molecule has 0 aliphatic rings. The van der Waals surface area contributed by atoms with E-state index in [-0.39, 0.29) is 12.5 Å². The molecule has 2 atom stereocenters. The molecular weight excluding hydrogens is 831 g/mol. The maximum absolute atomic E-state index is 12.5. The number of amides is 1. The molecule has 400 valence electrons. The second kappa shape index (κ2) is 59.7. The van der Waals surface area contributed by atoms with Crippen molar-refractivity contribution < 1.29 is 15.0 Å². The number of unbranched alkanes of at least 4 members (excludes halogenated alkanes) is 44. The van der Waals surface area contributed by atoms with Gasteiger partial charge in [0.25, 0.3) is 0 Å². The minimum absolute atomic E-state index is 0.0728. The lowest BCUT2D eigenvalue weighted by Crippen LogP contribution is -2.45. The molecule has 0 saturated carbocycles. The highest BCUT2D eigenvalue weighted by Crippen LogP contribution is 2.17. The lowest BCUT2D eigenvalue weighted by Gasteiger charge is -2.19. The molecule has 0 radical (unpaired) electrons. The highest BCUT2D eigenvalue weighted by Gasteiger charge is 2.18. The summed E-state index contributed by atoms with van der Waals surface area (Å²) < 4.78 is 0. The van der Waals surface area contributed by atoms with E-state index in [0.717, 1.165) is 38.5 Å². The second-order valence-corrected chi connectivity index (χ2v) is 21.1.